The van der Waals surface area contributed by atoms with E-state index < -0.39 is 0 Å². The van der Waals surface area contributed by atoms with E-state index >= 15 is 0 Å². The van der Waals surface area contributed by atoms with Crippen molar-refractivity contribution in [3.8, 4) is 22.3 Å². The molecule has 0 aliphatic heterocycles. The van der Waals surface area contributed by atoms with E-state index in [-0.39, 0.29) is 5.41 Å². The standard InChI is InChI=1S/C20H19ClN2/c1-20(2,3)19-11-14(8-9-23-19)15-10-16(13-22-12-15)17-6-4-5-7-18(17)21/h4-13H,1-3H3. The molecule has 0 atom stereocenters. The van der Waals surface area contributed by atoms with E-state index in [2.05, 4.69) is 42.9 Å². The van der Waals surface area contributed by atoms with E-state index in [1.807, 2.05) is 48.9 Å². The summed E-state index contributed by atoms with van der Waals surface area (Å²) in [4.78, 5) is 8.88. The van der Waals surface area contributed by atoms with Crippen LogP contribution in [0.1, 0.15) is 26.5 Å². The summed E-state index contributed by atoms with van der Waals surface area (Å²) in [6.07, 6.45) is 5.58. The van der Waals surface area contributed by atoms with Gasteiger partial charge in [0.05, 0.1) is 0 Å². The van der Waals surface area contributed by atoms with Gasteiger partial charge in [0.15, 0.2) is 0 Å². The van der Waals surface area contributed by atoms with Crippen LogP contribution in [0.5, 0.6) is 0 Å². The van der Waals surface area contributed by atoms with E-state index in [4.69, 9.17) is 11.6 Å². The molecule has 3 aromatic rings. The first-order valence-corrected chi connectivity index (χ1v) is 8.00. The van der Waals surface area contributed by atoms with Crippen LogP contribution in [0, 0.1) is 0 Å². The molecule has 0 fully saturated rings. The molecular formula is C20H19ClN2. The van der Waals surface area contributed by atoms with Crippen LogP contribution in [0.4, 0.5) is 0 Å². The zero-order valence-corrected chi connectivity index (χ0v) is 14.3. The largest absolute Gasteiger partial charge is 0.263 e. The smallest absolute Gasteiger partial charge is 0.0484 e. The number of aromatic nitrogens is 2. The fourth-order valence-corrected chi connectivity index (χ4v) is 2.71. The van der Waals surface area contributed by atoms with Crippen molar-refractivity contribution >= 4 is 11.6 Å². The lowest BCUT2D eigenvalue weighted by molar-refractivity contribution is 0.569. The molecule has 0 N–H and O–H groups in total. The SMILES string of the molecule is CC(C)(C)c1cc(-c2cncc(-c3ccccc3Cl)c2)ccn1. The van der Waals surface area contributed by atoms with Gasteiger partial charge < -0.3 is 0 Å². The summed E-state index contributed by atoms with van der Waals surface area (Å²) in [6, 6.07) is 14.1. The zero-order valence-electron chi connectivity index (χ0n) is 13.5. The Morgan fingerprint density at radius 2 is 1.61 bits per heavy atom. The van der Waals surface area contributed by atoms with E-state index in [1.165, 1.54) is 0 Å². The van der Waals surface area contributed by atoms with E-state index in [0.717, 1.165) is 33.0 Å². The Morgan fingerprint density at radius 1 is 0.870 bits per heavy atom. The minimum atomic E-state index is 0.0176. The van der Waals surface area contributed by atoms with Gasteiger partial charge in [0.25, 0.3) is 0 Å². The van der Waals surface area contributed by atoms with E-state index in [9.17, 15) is 0 Å². The Labute approximate surface area is 142 Å². The zero-order chi connectivity index (χ0) is 16.4. The summed E-state index contributed by atoms with van der Waals surface area (Å²) >= 11 is 6.30. The second-order valence-corrected chi connectivity index (χ2v) is 7.03. The van der Waals surface area contributed by atoms with Gasteiger partial charge in [0, 0.05) is 51.4 Å². The minimum absolute atomic E-state index is 0.0176. The first-order chi connectivity index (χ1) is 10.9. The maximum Gasteiger partial charge on any atom is 0.0484 e. The number of nitrogens with zero attached hydrogens (tertiary/aromatic N) is 2. The third-order valence-electron chi connectivity index (χ3n) is 3.78. The number of rotatable bonds is 2. The Bertz CT molecular complexity index is 835. The lowest BCUT2D eigenvalue weighted by atomic mass is 9.90. The average molecular weight is 323 g/mol. The van der Waals surface area contributed by atoms with Crippen LogP contribution in [0.15, 0.2) is 61.1 Å². The Kier molecular flexibility index (Phi) is 4.18. The molecule has 0 saturated carbocycles. The van der Waals surface area contributed by atoms with Gasteiger partial charge in [-0.15, -0.1) is 0 Å². The highest BCUT2D eigenvalue weighted by Crippen LogP contribution is 2.31. The van der Waals surface area contributed by atoms with Crippen LogP contribution in [0.25, 0.3) is 22.3 Å². The van der Waals surface area contributed by atoms with Crippen molar-refractivity contribution in [3.05, 3.63) is 71.8 Å². The first kappa shape index (κ1) is 15.7. The molecule has 3 rings (SSSR count). The predicted octanol–water partition coefficient (Wildman–Crippen LogP) is 5.76. The van der Waals surface area contributed by atoms with Crippen LogP contribution in [0.3, 0.4) is 0 Å². The van der Waals surface area contributed by atoms with Crippen LogP contribution in [-0.2, 0) is 5.41 Å². The Morgan fingerprint density at radius 3 is 2.35 bits per heavy atom. The summed E-state index contributed by atoms with van der Waals surface area (Å²) in [5.74, 6) is 0. The molecule has 2 heterocycles. The normalized spacial score (nSPS) is 11.5. The van der Waals surface area contributed by atoms with Crippen molar-refractivity contribution in [2.75, 3.05) is 0 Å². The van der Waals surface area contributed by atoms with Gasteiger partial charge in [-0.1, -0.05) is 50.6 Å². The molecule has 0 amide bonds. The van der Waals surface area contributed by atoms with Crippen LogP contribution >= 0.6 is 11.6 Å². The molecule has 0 aliphatic carbocycles. The molecule has 0 unspecified atom stereocenters. The molecule has 0 spiro atoms. The Hall–Kier alpha value is -2.19. The fourth-order valence-electron chi connectivity index (χ4n) is 2.46. The highest BCUT2D eigenvalue weighted by molar-refractivity contribution is 6.33. The molecule has 0 saturated heterocycles. The van der Waals surface area contributed by atoms with Crippen LogP contribution in [-0.4, -0.2) is 9.97 Å². The molecule has 3 heteroatoms. The average Bonchev–Trinajstić information content (AvgIpc) is 2.55. The highest BCUT2D eigenvalue weighted by Gasteiger charge is 2.16. The van der Waals surface area contributed by atoms with E-state index in [1.54, 1.807) is 0 Å². The van der Waals surface area contributed by atoms with Gasteiger partial charge in [-0.3, -0.25) is 9.97 Å². The maximum absolute atomic E-state index is 6.30. The fraction of sp³-hybridized carbons (Fsp3) is 0.200. The number of hydrogen-bond acceptors (Lipinski definition) is 2. The molecular weight excluding hydrogens is 304 g/mol. The van der Waals surface area contributed by atoms with Gasteiger partial charge >= 0.3 is 0 Å². The van der Waals surface area contributed by atoms with Crippen LogP contribution < -0.4 is 0 Å². The second-order valence-electron chi connectivity index (χ2n) is 6.62. The van der Waals surface area contributed by atoms with Gasteiger partial charge in [-0.2, -0.15) is 0 Å². The molecule has 0 radical (unpaired) electrons. The minimum Gasteiger partial charge on any atom is -0.263 e. The second kappa shape index (κ2) is 6.13. The number of hydrogen-bond donors (Lipinski definition) is 0. The summed E-state index contributed by atoms with van der Waals surface area (Å²) in [5, 5.41) is 0.733. The lowest BCUT2D eigenvalue weighted by Crippen LogP contribution is -2.13. The molecule has 2 aromatic heterocycles. The number of benzene rings is 1. The first-order valence-electron chi connectivity index (χ1n) is 7.62. The van der Waals surface area contributed by atoms with Gasteiger partial charge in [0.1, 0.15) is 0 Å². The maximum atomic E-state index is 6.30. The Balaban J connectivity index is 2.06. The van der Waals surface area contributed by atoms with Gasteiger partial charge in [-0.05, 0) is 29.8 Å². The number of pyridine rings is 2. The summed E-state index contributed by atoms with van der Waals surface area (Å²) in [5.41, 5.74) is 5.28. The third-order valence-corrected chi connectivity index (χ3v) is 4.11. The molecule has 1 aromatic carbocycles. The van der Waals surface area contributed by atoms with Gasteiger partial charge in [0.2, 0.25) is 0 Å². The highest BCUT2D eigenvalue weighted by atomic mass is 35.5. The molecule has 0 aliphatic rings. The summed E-state index contributed by atoms with van der Waals surface area (Å²) < 4.78 is 0. The monoisotopic (exact) mass is 322 g/mol. The van der Waals surface area contributed by atoms with Crippen molar-refractivity contribution in [1.82, 2.24) is 9.97 Å². The van der Waals surface area contributed by atoms with Gasteiger partial charge in [-0.25, -0.2) is 0 Å². The summed E-state index contributed by atoms with van der Waals surface area (Å²) in [7, 11) is 0. The molecule has 23 heavy (non-hydrogen) atoms. The summed E-state index contributed by atoms with van der Waals surface area (Å²) in [6.45, 7) is 6.49. The van der Waals surface area contributed by atoms with Crippen molar-refractivity contribution in [2.24, 2.45) is 0 Å². The quantitative estimate of drug-likeness (QED) is 0.599. The van der Waals surface area contributed by atoms with E-state index in [0.29, 0.717) is 0 Å². The third kappa shape index (κ3) is 3.43. The number of halogens is 1. The van der Waals surface area contributed by atoms with Crippen molar-refractivity contribution in [1.29, 1.82) is 0 Å². The molecule has 0 bridgehead atoms. The molecule has 116 valence electrons. The lowest BCUT2D eigenvalue weighted by Gasteiger charge is -2.18. The van der Waals surface area contributed by atoms with Crippen molar-refractivity contribution in [2.45, 2.75) is 26.2 Å². The van der Waals surface area contributed by atoms with Crippen molar-refractivity contribution < 1.29 is 0 Å². The van der Waals surface area contributed by atoms with Crippen molar-refractivity contribution in [3.63, 3.8) is 0 Å². The predicted molar refractivity (Wildman–Crippen MR) is 96.6 cm³/mol. The topological polar surface area (TPSA) is 25.8 Å². The van der Waals surface area contributed by atoms with Crippen LogP contribution in [0.2, 0.25) is 5.02 Å². The molecule has 2 nitrogen and oxygen atoms in total.